The summed E-state index contributed by atoms with van der Waals surface area (Å²) in [5, 5.41) is 0.517. The Hall–Kier alpha value is -0.480. The standard InChI is InChI=1S/C9H4Br2FN/c10-5-3-6-8(13-4-5)2-1-7(11)9(6)12/h1-4H. The van der Waals surface area contributed by atoms with Gasteiger partial charge in [0, 0.05) is 16.1 Å². The fraction of sp³-hybridized carbons (Fsp3) is 0. The van der Waals surface area contributed by atoms with Crippen molar-refractivity contribution in [2.24, 2.45) is 0 Å². The van der Waals surface area contributed by atoms with Gasteiger partial charge in [0.2, 0.25) is 0 Å². The molecule has 0 bridgehead atoms. The maximum Gasteiger partial charge on any atom is 0.146 e. The van der Waals surface area contributed by atoms with Crippen LogP contribution in [0.25, 0.3) is 10.9 Å². The molecule has 0 aliphatic heterocycles. The predicted octanol–water partition coefficient (Wildman–Crippen LogP) is 3.90. The van der Waals surface area contributed by atoms with E-state index in [0.717, 1.165) is 4.47 Å². The largest absolute Gasteiger partial charge is 0.255 e. The third kappa shape index (κ3) is 1.60. The Balaban J connectivity index is 2.89. The summed E-state index contributed by atoms with van der Waals surface area (Å²) in [5.41, 5.74) is 0.656. The quantitative estimate of drug-likeness (QED) is 0.719. The minimum absolute atomic E-state index is 0.272. The Morgan fingerprint density at radius 2 is 2.00 bits per heavy atom. The molecular weight excluding hydrogens is 301 g/mol. The number of halogens is 3. The van der Waals surface area contributed by atoms with Gasteiger partial charge in [-0.3, -0.25) is 4.98 Å². The molecule has 13 heavy (non-hydrogen) atoms. The lowest BCUT2D eigenvalue weighted by Gasteiger charge is -2.00. The van der Waals surface area contributed by atoms with Gasteiger partial charge in [-0.25, -0.2) is 4.39 Å². The lowest BCUT2D eigenvalue weighted by Crippen LogP contribution is -1.84. The van der Waals surface area contributed by atoms with Gasteiger partial charge in [-0.2, -0.15) is 0 Å². The van der Waals surface area contributed by atoms with Gasteiger partial charge >= 0.3 is 0 Å². The SMILES string of the molecule is Fc1c(Br)ccc2ncc(Br)cc12. The Bertz CT molecular complexity index is 465. The summed E-state index contributed by atoms with van der Waals surface area (Å²) in [5.74, 6) is -0.272. The minimum Gasteiger partial charge on any atom is -0.255 e. The van der Waals surface area contributed by atoms with Gasteiger partial charge in [0.25, 0.3) is 0 Å². The van der Waals surface area contributed by atoms with Crippen LogP contribution in [0.4, 0.5) is 4.39 Å². The van der Waals surface area contributed by atoms with Gasteiger partial charge in [0.05, 0.1) is 9.99 Å². The highest BCUT2D eigenvalue weighted by Crippen LogP contribution is 2.25. The number of aromatic nitrogens is 1. The molecule has 0 amide bonds. The third-order valence-electron chi connectivity index (χ3n) is 1.72. The van der Waals surface area contributed by atoms with Gasteiger partial charge in [-0.1, -0.05) is 0 Å². The van der Waals surface area contributed by atoms with E-state index in [-0.39, 0.29) is 5.82 Å². The third-order valence-corrected chi connectivity index (χ3v) is 2.76. The molecular formula is C9H4Br2FN. The zero-order valence-electron chi connectivity index (χ0n) is 6.39. The molecule has 0 N–H and O–H groups in total. The van der Waals surface area contributed by atoms with Crippen molar-refractivity contribution in [1.82, 2.24) is 4.98 Å². The van der Waals surface area contributed by atoms with Crippen LogP contribution >= 0.6 is 31.9 Å². The number of pyridine rings is 1. The van der Waals surface area contributed by atoms with Crippen molar-refractivity contribution in [2.45, 2.75) is 0 Å². The highest BCUT2D eigenvalue weighted by molar-refractivity contribution is 9.10. The minimum atomic E-state index is -0.272. The second-order valence-electron chi connectivity index (χ2n) is 2.58. The number of benzene rings is 1. The normalized spacial score (nSPS) is 10.7. The summed E-state index contributed by atoms with van der Waals surface area (Å²) in [7, 11) is 0. The number of nitrogens with zero attached hydrogens (tertiary/aromatic N) is 1. The van der Waals surface area contributed by atoms with E-state index in [2.05, 4.69) is 36.8 Å². The zero-order valence-corrected chi connectivity index (χ0v) is 9.56. The first-order valence-corrected chi connectivity index (χ1v) is 5.16. The topological polar surface area (TPSA) is 12.9 Å². The monoisotopic (exact) mass is 303 g/mol. The molecule has 1 aromatic heterocycles. The second kappa shape index (κ2) is 3.35. The summed E-state index contributed by atoms with van der Waals surface area (Å²) in [6.07, 6.45) is 1.65. The second-order valence-corrected chi connectivity index (χ2v) is 4.35. The van der Waals surface area contributed by atoms with Gasteiger partial charge < -0.3 is 0 Å². The number of fused-ring (bicyclic) bond motifs is 1. The Morgan fingerprint density at radius 3 is 2.77 bits per heavy atom. The molecule has 1 aromatic carbocycles. The molecule has 0 unspecified atom stereocenters. The first-order chi connectivity index (χ1) is 6.18. The molecule has 2 rings (SSSR count). The Labute approximate surface area is 91.2 Å². The molecule has 0 saturated carbocycles. The Morgan fingerprint density at radius 1 is 1.23 bits per heavy atom. The van der Waals surface area contributed by atoms with Crippen LogP contribution in [0.3, 0.4) is 0 Å². The van der Waals surface area contributed by atoms with E-state index < -0.39 is 0 Å². The molecule has 1 heterocycles. The lowest BCUT2D eigenvalue weighted by atomic mass is 10.2. The van der Waals surface area contributed by atoms with Gasteiger partial charge in [-0.05, 0) is 50.1 Å². The van der Waals surface area contributed by atoms with E-state index in [1.54, 1.807) is 24.4 Å². The summed E-state index contributed by atoms with van der Waals surface area (Å²) < 4.78 is 14.7. The van der Waals surface area contributed by atoms with E-state index >= 15 is 0 Å². The van der Waals surface area contributed by atoms with Crippen LogP contribution in [-0.2, 0) is 0 Å². The van der Waals surface area contributed by atoms with Crippen molar-refractivity contribution in [2.75, 3.05) is 0 Å². The van der Waals surface area contributed by atoms with E-state index in [0.29, 0.717) is 15.4 Å². The first-order valence-electron chi connectivity index (χ1n) is 3.58. The van der Waals surface area contributed by atoms with E-state index in [1.165, 1.54) is 0 Å². The fourth-order valence-corrected chi connectivity index (χ4v) is 1.79. The number of hydrogen-bond acceptors (Lipinski definition) is 1. The molecule has 0 radical (unpaired) electrons. The van der Waals surface area contributed by atoms with Crippen molar-refractivity contribution in [3.05, 3.63) is 39.2 Å². The molecule has 66 valence electrons. The number of hydrogen-bond donors (Lipinski definition) is 0. The summed E-state index contributed by atoms with van der Waals surface area (Å²) in [4.78, 5) is 4.07. The molecule has 0 saturated heterocycles. The van der Waals surface area contributed by atoms with Crippen molar-refractivity contribution >= 4 is 42.8 Å². The summed E-state index contributed by atoms with van der Waals surface area (Å²) >= 11 is 6.37. The van der Waals surface area contributed by atoms with Gasteiger partial charge in [0.1, 0.15) is 5.82 Å². The van der Waals surface area contributed by atoms with E-state index in [4.69, 9.17) is 0 Å². The smallest absolute Gasteiger partial charge is 0.146 e. The molecule has 1 nitrogen and oxygen atoms in total. The van der Waals surface area contributed by atoms with Crippen LogP contribution in [0.15, 0.2) is 33.3 Å². The molecule has 0 atom stereocenters. The summed E-state index contributed by atoms with van der Waals surface area (Å²) in [6, 6.07) is 5.13. The molecule has 0 aliphatic rings. The summed E-state index contributed by atoms with van der Waals surface area (Å²) in [6.45, 7) is 0. The van der Waals surface area contributed by atoms with Crippen LogP contribution in [0, 0.1) is 5.82 Å². The average Bonchev–Trinajstić information content (AvgIpc) is 2.12. The maximum atomic E-state index is 13.5. The Kier molecular flexibility index (Phi) is 2.34. The van der Waals surface area contributed by atoms with E-state index in [1.807, 2.05) is 0 Å². The average molecular weight is 305 g/mol. The van der Waals surface area contributed by atoms with Crippen molar-refractivity contribution in [3.8, 4) is 0 Å². The highest BCUT2D eigenvalue weighted by atomic mass is 79.9. The van der Waals surface area contributed by atoms with Crippen LogP contribution in [0.5, 0.6) is 0 Å². The first kappa shape index (κ1) is 9.09. The zero-order chi connectivity index (χ0) is 9.42. The van der Waals surface area contributed by atoms with E-state index in [9.17, 15) is 4.39 Å². The van der Waals surface area contributed by atoms with Gasteiger partial charge in [0.15, 0.2) is 0 Å². The molecule has 0 aliphatic carbocycles. The maximum absolute atomic E-state index is 13.5. The number of rotatable bonds is 0. The lowest BCUT2D eigenvalue weighted by molar-refractivity contribution is 0.633. The van der Waals surface area contributed by atoms with Crippen LogP contribution in [0.2, 0.25) is 0 Å². The van der Waals surface area contributed by atoms with Crippen LogP contribution in [0.1, 0.15) is 0 Å². The molecule has 0 fully saturated rings. The molecule has 4 heteroatoms. The molecule has 0 spiro atoms. The van der Waals surface area contributed by atoms with Crippen molar-refractivity contribution < 1.29 is 4.39 Å². The predicted molar refractivity (Wildman–Crippen MR) is 57.1 cm³/mol. The molecule has 2 aromatic rings. The van der Waals surface area contributed by atoms with Crippen LogP contribution in [-0.4, -0.2) is 4.98 Å². The van der Waals surface area contributed by atoms with Crippen LogP contribution < -0.4 is 0 Å². The van der Waals surface area contributed by atoms with Crippen molar-refractivity contribution in [1.29, 1.82) is 0 Å². The fourth-order valence-electron chi connectivity index (χ4n) is 1.11. The van der Waals surface area contributed by atoms with Gasteiger partial charge in [-0.15, -0.1) is 0 Å². The highest BCUT2D eigenvalue weighted by Gasteiger charge is 2.05. The van der Waals surface area contributed by atoms with Crippen molar-refractivity contribution in [3.63, 3.8) is 0 Å².